The van der Waals surface area contributed by atoms with Crippen LogP contribution < -0.4 is 4.74 Å². The molecule has 1 aromatic heterocycles. The van der Waals surface area contributed by atoms with Crippen molar-refractivity contribution in [3.8, 4) is 11.6 Å². The second-order valence-corrected chi connectivity index (χ2v) is 3.63. The first kappa shape index (κ1) is 13.4. The maximum absolute atomic E-state index is 13.4. The quantitative estimate of drug-likeness (QED) is 0.681. The summed E-state index contributed by atoms with van der Waals surface area (Å²) in [5, 5.41) is 19.4. The van der Waals surface area contributed by atoms with E-state index in [1.807, 2.05) is 0 Å². The summed E-state index contributed by atoms with van der Waals surface area (Å²) in [4.78, 5) is 24.3. The van der Waals surface area contributed by atoms with Gasteiger partial charge in [-0.15, -0.1) is 0 Å². The minimum atomic E-state index is -1.25. The third kappa shape index (κ3) is 2.69. The molecule has 0 radical (unpaired) electrons. The molecule has 102 valence electrons. The molecular formula is C12H7FN2O5. The van der Waals surface area contributed by atoms with Crippen molar-refractivity contribution >= 4 is 11.7 Å². The van der Waals surface area contributed by atoms with Gasteiger partial charge in [0.1, 0.15) is 11.3 Å². The highest BCUT2D eigenvalue weighted by Crippen LogP contribution is 2.27. The maximum Gasteiger partial charge on any atom is 0.341 e. The summed E-state index contributed by atoms with van der Waals surface area (Å²) in [5.41, 5.74) is -0.900. The van der Waals surface area contributed by atoms with Gasteiger partial charge in [-0.3, -0.25) is 10.1 Å². The molecule has 0 spiro atoms. The fraction of sp³-hybridized carbons (Fsp3) is 0. The van der Waals surface area contributed by atoms with Gasteiger partial charge >= 0.3 is 11.7 Å². The van der Waals surface area contributed by atoms with Crippen molar-refractivity contribution in [1.29, 1.82) is 0 Å². The average Bonchev–Trinajstić information content (AvgIpc) is 2.38. The van der Waals surface area contributed by atoms with Crippen LogP contribution in [0.3, 0.4) is 0 Å². The molecule has 1 aromatic carbocycles. The molecule has 1 N–H and O–H groups in total. The summed E-state index contributed by atoms with van der Waals surface area (Å²) in [6, 6.07) is 5.55. The highest BCUT2D eigenvalue weighted by Gasteiger charge is 2.17. The van der Waals surface area contributed by atoms with Crippen molar-refractivity contribution < 1.29 is 24.0 Å². The summed E-state index contributed by atoms with van der Waals surface area (Å²) < 4.78 is 18.5. The fourth-order valence-electron chi connectivity index (χ4n) is 1.45. The highest BCUT2D eigenvalue weighted by atomic mass is 19.1. The number of hydrogen-bond acceptors (Lipinski definition) is 5. The van der Waals surface area contributed by atoms with E-state index >= 15 is 0 Å². The molecule has 0 amide bonds. The molecule has 2 rings (SSSR count). The van der Waals surface area contributed by atoms with Crippen molar-refractivity contribution in [2.45, 2.75) is 0 Å². The number of rotatable bonds is 4. The van der Waals surface area contributed by atoms with Gasteiger partial charge in [0, 0.05) is 18.3 Å². The van der Waals surface area contributed by atoms with Crippen molar-refractivity contribution in [3.05, 3.63) is 58.0 Å². The zero-order valence-corrected chi connectivity index (χ0v) is 9.82. The van der Waals surface area contributed by atoms with Crippen LogP contribution in [-0.4, -0.2) is 21.0 Å². The van der Waals surface area contributed by atoms with Gasteiger partial charge in [0.05, 0.1) is 4.92 Å². The lowest BCUT2D eigenvalue weighted by atomic mass is 10.2. The summed E-state index contributed by atoms with van der Waals surface area (Å²) in [7, 11) is 0. The van der Waals surface area contributed by atoms with E-state index in [0.717, 1.165) is 18.2 Å². The number of pyridine rings is 1. The first-order valence-corrected chi connectivity index (χ1v) is 5.29. The molecule has 2 aromatic rings. The number of aromatic nitrogens is 1. The van der Waals surface area contributed by atoms with Gasteiger partial charge in [-0.2, -0.15) is 4.39 Å². The van der Waals surface area contributed by atoms with Crippen molar-refractivity contribution in [2.75, 3.05) is 0 Å². The van der Waals surface area contributed by atoms with Gasteiger partial charge in [0.2, 0.25) is 11.7 Å². The van der Waals surface area contributed by atoms with Gasteiger partial charge < -0.3 is 9.84 Å². The van der Waals surface area contributed by atoms with E-state index in [0.29, 0.717) is 0 Å². The van der Waals surface area contributed by atoms with Crippen LogP contribution in [0.2, 0.25) is 0 Å². The molecule has 0 bridgehead atoms. The van der Waals surface area contributed by atoms with Gasteiger partial charge in [0.25, 0.3) is 0 Å². The van der Waals surface area contributed by atoms with Gasteiger partial charge in [-0.1, -0.05) is 0 Å². The lowest BCUT2D eigenvalue weighted by molar-refractivity contribution is -0.387. The monoisotopic (exact) mass is 278 g/mol. The van der Waals surface area contributed by atoms with E-state index in [-0.39, 0.29) is 17.2 Å². The summed E-state index contributed by atoms with van der Waals surface area (Å²) in [6.07, 6.45) is 1.31. The second kappa shape index (κ2) is 5.31. The molecule has 20 heavy (non-hydrogen) atoms. The summed E-state index contributed by atoms with van der Waals surface area (Å²) in [5.74, 6) is -2.65. The predicted octanol–water partition coefficient (Wildman–Crippen LogP) is 2.62. The number of aromatic carboxylic acids is 1. The Morgan fingerprint density at radius 1 is 1.40 bits per heavy atom. The van der Waals surface area contributed by atoms with Crippen LogP contribution in [0.5, 0.6) is 11.6 Å². The Labute approximate surface area is 111 Å². The number of nitro benzene ring substituents is 1. The van der Waals surface area contributed by atoms with E-state index in [9.17, 15) is 19.3 Å². The standard InChI is InChI=1S/C12H7FN2O5/c13-9-6-7(3-4-10(9)15(18)19)20-11-8(12(16)17)2-1-5-14-11/h1-6H,(H,16,17). The molecular weight excluding hydrogens is 271 g/mol. The zero-order valence-electron chi connectivity index (χ0n) is 9.82. The SMILES string of the molecule is O=C(O)c1cccnc1Oc1ccc([N+](=O)[O-])c(F)c1. The molecule has 0 saturated carbocycles. The largest absolute Gasteiger partial charge is 0.477 e. The van der Waals surface area contributed by atoms with E-state index in [4.69, 9.17) is 9.84 Å². The average molecular weight is 278 g/mol. The number of carboxylic acids is 1. The molecule has 8 heteroatoms. The lowest BCUT2D eigenvalue weighted by Crippen LogP contribution is -2.01. The maximum atomic E-state index is 13.4. The molecule has 0 aliphatic carbocycles. The number of carbonyl (C=O) groups is 1. The molecule has 1 heterocycles. The highest BCUT2D eigenvalue weighted by molar-refractivity contribution is 5.90. The molecule has 0 unspecified atom stereocenters. The van der Waals surface area contributed by atoms with Crippen LogP contribution in [0.1, 0.15) is 10.4 Å². The lowest BCUT2D eigenvalue weighted by Gasteiger charge is -2.07. The van der Waals surface area contributed by atoms with Gasteiger partial charge in [-0.05, 0) is 18.2 Å². The second-order valence-electron chi connectivity index (χ2n) is 3.63. The Balaban J connectivity index is 2.34. The Kier molecular flexibility index (Phi) is 3.56. The van der Waals surface area contributed by atoms with E-state index in [2.05, 4.69) is 4.98 Å². The predicted molar refractivity (Wildman–Crippen MR) is 64.3 cm³/mol. The summed E-state index contributed by atoms with van der Waals surface area (Å²) >= 11 is 0. The van der Waals surface area contributed by atoms with Crippen LogP contribution in [0.15, 0.2) is 36.5 Å². The number of carboxylic acid groups (broad SMARTS) is 1. The number of nitrogens with zero attached hydrogens (tertiary/aromatic N) is 2. The number of nitro groups is 1. The Bertz CT molecular complexity index is 689. The van der Waals surface area contributed by atoms with Crippen LogP contribution in [0, 0.1) is 15.9 Å². The molecule has 0 fully saturated rings. The summed E-state index contributed by atoms with van der Waals surface area (Å²) in [6.45, 7) is 0. The number of hydrogen-bond donors (Lipinski definition) is 1. The van der Waals surface area contributed by atoms with Crippen LogP contribution in [-0.2, 0) is 0 Å². The van der Waals surface area contributed by atoms with Crippen LogP contribution in [0.25, 0.3) is 0 Å². The molecule has 7 nitrogen and oxygen atoms in total. The van der Waals surface area contributed by atoms with E-state index < -0.39 is 22.4 Å². The van der Waals surface area contributed by atoms with E-state index in [1.165, 1.54) is 18.3 Å². The zero-order chi connectivity index (χ0) is 14.7. The number of halogens is 1. The molecule has 0 aliphatic rings. The van der Waals surface area contributed by atoms with Crippen molar-refractivity contribution in [2.24, 2.45) is 0 Å². The van der Waals surface area contributed by atoms with Gasteiger partial charge in [0.15, 0.2) is 0 Å². The molecule has 0 atom stereocenters. The van der Waals surface area contributed by atoms with Crippen molar-refractivity contribution in [3.63, 3.8) is 0 Å². The van der Waals surface area contributed by atoms with Crippen LogP contribution >= 0.6 is 0 Å². The third-order valence-electron chi connectivity index (χ3n) is 2.33. The number of ether oxygens (including phenoxy) is 1. The first-order chi connectivity index (χ1) is 9.49. The van der Waals surface area contributed by atoms with Gasteiger partial charge in [-0.25, -0.2) is 9.78 Å². The molecule has 0 aliphatic heterocycles. The Morgan fingerprint density at radius 2 is 2.15 bits per heavy atom. The van der Waals surface area contributed by atoms with E-state index in [1.54, 1.807) is 0 Å². The minimum absolute atomic E-state index is 0.0886. The van der Waals surface area contributed by atoms with Crippen LogP contribution in [0.4, 0.5) is 10.1 Å². The number of benzene rings is 1. The topological polar surface area (TPSA) is 103 Å². The normalized spacial score (nSPS) is 10.1. The minimum Gasteiger partial charge on any atom is -0.477 e. The Hall–Kier alpha value is -3.03. The fourth-order valence-corrected chi connectivity index (χ4v) is 1.45. The molecule has 0 saturated heterocycles. The first-order valence-electron chi connectivity index (χ1n) is 5.29. The third-order valence-corrected chi connectivity index (χ3v) is 2.33. The Morgan fingerprint density at radius 3 is 2.75 bits per heavy atom. The van der Waals surface area contributed by atoms with Crippen molar-refractivity contribution in [1.82, 2.24) is 4.98 Å². The smallest absolute Gasteiger partial charge is 0.341 e.